The molecule has 0 aliphatic heterocycles. The third kappa shape index (κ3) is 5.54. The lowest BCUT2D eigenvalue weighted by Crippen LogP contribution is -2.44. The molecular formula is C29H24N2O8. The normalized spacial score (nSPS) is 11.8. The number of nitrogens with one attached hydrogen (secondary N) is 2. The summed E-state index contributed by atoms with van der Waals surface area (Å²) in [6, 6.07) is 17.0. The van der Waals surface area contributed by atoms with Gasteiger partial charge in [-0.25, -0.2) is 9.59 Å². The minimum atomic E-state index is -1.22. The summed E-state index contributed by atoms with van der Waals surface area (Å²) in [5, 5.41) is 23.2. The molecule has 5 aromatic rings. The van der Waals surface area contributed by atoms with Crippen molar-refractivity contribution in [1.82, 2.24) is 10.3 Å². The Morgan fingerprint density at radius 1 is 1.00 bits per heavy atom. The van der Waals surface area contributed by atoms with E-state index in [2.05, 4.69) is 10.3 Å². The molecule has 1 unspecified atom stereocenters. The Morgan fingerprint density at radius 2 is 1.77 bits per heavy atom. The average molecular weight is 529 g/mol. The first-order valence-electron chi connectivity index (χ1n) is 12.0. The van der Waals surface area contributed by atoms with Crippen molar-refractivity contribution >= 4 is 33.7 Å². The lowest BCUT2D eigenvalue weighted by Gasteiger charge is -2.15. The van der Waals surface area contributed by atoms with E-state index in [0.29, 0.717) is 27.6 Å². The predicted octanol–water partition coefficient (Wildman–Crippen LogP) is 3.85. The second-order valence-corrected chi connectivity index (χ2v) is 8.86. The molecule has 0 bridgehead atoms. The maximum atomic E-state index is 12.6. The molecule has 2 aromatic heterocycles. The van der Waals surface area contributed by atoms with Crippen LogP contribution in [0.15, 0.2) is 82.1 Å². The summed E-state index contributed by atoms with van der Waals surface area (Å²) in [6.07, 6.45) is 1.64. The third-order valence-electron chi connectivity index (χ3n) is 6.30. The molecule has 0 fully saturated rings. The van der Waals surface area contributed by atoms with Crippen LogP contribution in [0.1, 0.15) is 5.56 Å². The minimum Gasteiger partial charge on any atom is -0.508 e. The monoisotopic (exact) mass is 528 g/mol. The van der Waals surface area contributed by atoms with E-state index < -0.39 is 30.2 Å². The van der Waals surface area contributed by atoms with Crippen LogP contribution in [0.4, 0.5) is 0 Å². The molecular weight excluding hydrogens is 504 g/mol. The van der Waals surface area contributed by atoms with Crippen LogP contribution < -0.4 is 20.4 Å². The number of fused-ring (bicyclic) bond motifs is 2. The van der Waals surface area contributed by atoms with Gasteiger partial charge in [0.25, 0.3) is 5.91 Å². The van der Waals surface area contributed by atoms with E-state index in [1.54, 1.807) is 43.6 Å². The number of amides is 1. The zero-order valence-corrected chi connectivity index (χ0v) is 20.8. The van der Waals surface area contributed by atoms with Crippen LogP contribution in [0, 0.1) is 0 Å². The highest BCUT2D eigenvalue weighted by molar-refractivity contribution is 5.94. The molecule has 1 amide bonds. The van der Waals surface area contributed by atoms with E-state index in [1.165, 1.54) is 24.3 Å². The van der Waals surface area contributed by atoms with Crippen molar-refractivity contribution < 1.29 is 33.7 Å². The first-order valence-corrected chi connectivity index (χ1v) is 12.0. The Morgan fingerprint density at radius 3 is 2.51 bits per heavy atom. The quantitative estimate of drug-likeness (QED) is 0.211. The van der Waals surface area contributed by atoms with Gasteiger partial charge in [-0.15, -0.1) is 0 Å². The highest BCUT2D eigenvalue weighted by Gasteiger charge is 2.22. The number of carboxylic acid groups (broad SMARTS) is 1. The molecule has 5 rings (SSSR count). The van der Waals surface area contributed by atoms with Crippen LogP contribution in [-0.4, -0.2) is 46.8 Å². The molecule has 10 nitrogen and oxygen atoms in total. The third-order valence-corrected chi connectivity index (χ3v) is 6.30. The summed E-state index contributed by atoms with van der Waals surface area (Å²) in [4.78, 5) is 39.6. The van der Waals surface area contributed by atoms with Gasteiger partial charge in [-0.1, -0.05) is 12.1 Å². The number of hydrogen-bond acceptors (Lipinski definition) is 7. The number of aromatic hydroxyl groups is 1. The van der Waals surface area contributed by atoms with Crippen molar-refractivity contribution in [3.63, 3.8) is 0 Å². The Labute approximate surface area is 221 Å². The number of aromatic amines is 1. The van der Waals surface area contributed by atoms with Crippen molar-refractivity contribution in [2.75, 3.05) is 13.7 Å². The number of rotatable bonds is 9. The van der Waals surface area contributed by atoms with Crippen LogP contribution in [0.3, 0.4) is 0 Å². The summed E-state index contributed by atoms with van der Waals surface area (Å²) in [5.41, 5.74) is 2.57. The molecule has 3 aromatic carbocycles. The number of H-pyrrole nitrogens is 1. The molecule has 0 saturated carbocycles. The van der Waals surface area contributed by atoms with Crippen LogP contribution >= 0.6 is 0 Å². The van der Waals surface area contributed by atoms with Crippen molar-refractivity contribution in [3.05, 3.63) is 88.9 Å². The highest BCUT2D eigenvalue weighted by Crippen LogP contribution is 2.31. The fraction of sp³-hybridized carbons (Fsp3) is 0.138. The second-order valence-electron chi connectivity index (χ2n) is 8.86. The maximum absolute atomic E-state index is 12.6. The molecule has 0 aliphatic rings. The van der Waals surface area contributed by atoms with Gasteiger partial charge in [0.1, 0.15) is 28.9 Å². The fourth-order valence-electron chi connectivity index (χ4n) is 4.38. The van der Waals surface area contributed by atoms with Crippen molar-refractivity contribution in [2.24, 2.45) is 0 Å². The molecule has 1 atom stereocenters. The van der Waals surface area contributed by atoms with Crippen LogP contribution in [-0.2, 0) is 16.0 Å². The molecule has 2 heterocycles. The zero-order valence-electron chi connectivity index (χ0n) is 20.8. The number of carbonyl (C=O) groups is 2. The van der Waals surface area contributed by atoms with E-state index >= 15 is 0 Å². The number of hydrogen-bond donors (Lipinski definition) is 4. The molecule has 10 heteroatoms. The topological polar surface area (TPSA) is 151 Å². The Kier molecular flexibility index (Phi) is 6.92. The maximum Gasteiger partial charge on any atom is 0.336 e. The average Bonchev–Trinajstić information content (AvgIpc) is 3.32. The van der Waals surface area contributed by atoms with E-state index in [-0.39, 0.29) is 23.5 Å². The van der Waals surface area contributed by atoms with Gasteiger partial charge in [0.15, 0.2) is 6.61 Å². The Bertz CT molecular complexity index is 1740. The van der Waals surface area contributed by atoms with E-state index in [4.69, 9.17) is 13.9 Å². The van der Waals surface area contributed by atoms with E-state index in [1.807, 2.05) is 12.1 Å². The zero-order chi connectivity index (χ0) is 27.5. The van der Waals surface area contributed by atoms with Gasteiger partial charge in [0, 0.05) is 41.0 Å². The number of carboxylic acids is 1. The second kappa shape index (κ2) is 10.6. The predicted molar refractivity (Wildman–Crippen MR) is 143 cm³/mol. The smallest absolute Gasteiger partial charge is 0.336 e. The summed E-state index contributed by atoms with van der Waals surface area (Å²) >= 11 is 0. The number of aromatic nitrogens is 1. The molecule has 0 radical (unpaired) electrons. The molecule has 0 saturated heterocycles. The lowest BCUT2D eigenvalue weighted by molar-refractivity contribution is -0.142. The van der Waals surface area contributed by atoms with Gasteiger partial charge in [-0.3, -0.25) is 4.79 Å². The summed E-state index contributed by atoms with van der Waals surface area (Å²) < 4.78 is 16.1. The van der Waals surface area contributed by atoms with Crippen molar-refractivity contribution in [1.29, 1.82) is 0 Å². The summed E-state index contributed by atoms with van der Waals surface area (Å²) in [5.74, 6) is -0.845. The van der Waals surface area contributed by atoms with Gasteiger partial charge < -0.3 is 34.4 Å². The van der Waals surface area contributed by atoms with Gasteiger partial charge in [0.2, 0.25) is 0 Å². The van der Waals surface area contributed by atoms with Gasteiger partial charge in [0.05, 0.1) is 7.11 Å². The lowest BCUT2D eigenvalue weighted by atomic mass is 10.0. The Balaban J connectivity index is 1.29. The largest absolute Gasteiger partial charge is 0.508 e. The van der Waals surface area contributed by atoms with Crippen LogP contribution in [0.5, 0.6) is 17.2 Å². The molecule has 39 heavy (non-hydrogen) atoms. The van der Waals surface area contributed by atoms with E-state index in [9.17, 15) is 24.6 Å². The van der Waals surface area contributed by atoms with E-state index in [0.717, 1.165) is 11.1 Å². The number of phenols is 1. The first-order chi connectivity index (χ1) is 18.8. The minimum absolute atomic E-state index is 0.000203. The number of ether oxygens (including phenoxy) is 2. The summed E-state index contributed by atoms with van der Waals surface area (Å²) in [6.45, 7) is -0.452. The number of phenolic OH excluding ortho intramolecular Hbond substituents is 1. The fourth-order valence-corrected chi connectivity index (χ4v) is 4.38. The number of benzene rings is 3. The molecule has 0 aliphatic carbocycles. The van der Waals surface area contributed by atoms with Crippen molar-refractivity contribution in [3.8, 4) is 28.4 Å². The van der Waals surface area contributed by atoms with Crippen molar-refractivity contribution in [2.45, 2.75) is 12.5 Å². The molecule has 0 spiro atoms. The standard InChI is InChI=1S/C29H24N2O8/c1-37-19-5-2-16(3-6-19)22-13-28(34)39-26-12-20(7-8-21(22)26)38-15-27(33)31-25(29(35)36)10-17-14-30-24-9-4-18(32)11-23(17)24/h2-9,11-14,25,30,32H,10,15H2,1H3,(H,31,33)(H,35,36). The Hall–Kier alpha value is -5.25. The van der Waals surface area contributed by atoms with Gasteiger partial charge in [-0.2, -0.15) is 0 Å². The van der Waals surface area contributed by atoms with Gasteiger partial charge >= 0.3 is 11.6 Å². The summed E-state index contributed by atoms with van der Waals surface area (Å²) in [7, 11) is 1.57. The van der Waals surface area contributed by atoms with Gasteiger partial charge in [-0.05, 0) is 59.2 Å². The molecule has 198 valence electrons. The molecule has 4 N–H and O–H groups in total. The highest BCUT2D eigenvalue weighted by atomic mass is 16.5. The van der Waals surface area contributed by atoms with Crippen LogP contribution in [0.2, 0.25) is 0 Å². The van der Waals surface area contributed by atoms with Crippen LogP contribution in [0.25, 0.3) is 33.0 Å². The first kappa shape index (κ1) is 25.4. The number of methoxy groups -OCH3 is 1. The SMILES string of the molecule is COc1ccc(-c2cc(=O)oc3cc(OCC(=O)NC(Cc4c[nH]c5ccc(O)cc45)C(=O)O)ccc23)cc1. The number of carbonyl (C=O) groups excluding carboxylic acids is 1. The number of aliphatic carboxylic acids is 1.